The van der Waals surface area contributed by atoms with Gasteiger partial charge in [-0.05, 0) is 31.2 Å². The number of aromatic nitrogens is 2. The van der Waals surface area contributed by atoms with Crippen LogP contribution in [0.4, 0.5) is 5.95 Å². The molecule has 1 unspecified atom stereocenters. The molecule has 0 saturated carbocycles. The van der Waals surface area contributed by atoms with E-state index in [-0.39, 0.29) is 6.61 Å². The van der Waals surface area contributed by atoms with Crippen molar-refractivity contribution in [1.82, 2.24) is 9.55 Å². The minimum Gasteiger partial charge on any atom is -0.497 e. The summed E-state index contributed by atoms with van der Waals surface area (Å²) in [7, 11) is 3.20. The minimum absolute atomic E-state index is 0.125. The summed E-state index contributed by atoms with van der Waals surface area (Å²) in [6, 6.07) is 12.9. The maximum atomic E-state index is 13.1. The third kappa shape index (κ3) is 3.18. The third-order valence-corrected chi connectivity index (χ3v) is 5.12. The summed E-state index contributed by atoms with van der Waals surface area (Å²) in [4.78, 5) is 17.8. The Morgan fingerprint density at radius 1 is 1.23 bits per heavy atom. The molecule has 0 aliphatic carbocycles. The molecule has 1 aliphatic heterocycles. The zero-order valence-electron chi connectivity index (χ0n) is 17.1. The number of allylic oxidation sites excluding steroid dienone is 1. The monoisotopic (exact) mass is 405 g/mol. The van der Waals surface area contributed by atoms with Gasteiger partial charge in [0.1, 0.15) is 18.1 Å². The van der Waals surface area contributed by atoms with Crippen LogP contribution < -0.4 is 14.8 Å². The van der Waals surface area contributed by atoms with E-state index >= 15 is 0 Å². The number of rotatable bonds is 6. The second kappa shape index (κ2) is 7.94. The smallest absolute Gasteiger partial charge is 0.338 e. The van der Waals surface area contributed by atoms with E-state index in [1.807, 2.05) is 47.9 Å². The van der Waals surface area contributed by atoms with Gasteiger partial charge in [-0.15, -0.1) is 0 Å². The van der Waals surface area contributed by atoms with Crippen molar-refractivity contribution >= 4 is 23.0 Å². The lowest BCUT2D eigenvalue weighted by molar-refractivity contribution is -0.138. The van der Waals surface area contributed by atoms with Crippen LogP contribution >= 0.6 is 0 Å². The standard InChI is InChI=1S/C23H23N3O4/c1-5-12-30-22(27)20-14(2)24-23-25-17-8-6-7-9-18(17)26(23)21(20)16-11-10-15(28-3)13-19(16)29-4/h5-11,13,21H,1,12H2,2-4H3,(H,24,25). The molecule has 1 aliphatic rings. The van der Waals surface area contributed by atoms with Crippen LogP contribution in [0.5, 0.6) is 11.5 Å². The number of carbonyl (C=O) groups is 1. The third-order valence-electron chi connectivity index (χ3n) is 5.12. The van der Waals surface area contributed by atoms with Crippen molar-refractivity contribution in [2.45, 2.75) is 13.0 Å². The summed E-state index contributed by atoms with van der Waals surface area (Å²) in [5.74, 6) is 1.49. The fourth-order valence-corrected chi connectivity index (χ4v) is 3.78. The van der Waals surface area contributed by atoms with Gasteiger partial charge in [0.15, 0.2) is 0 Å². The number of hydrogen-bond acceptors (Lipinski definition) is 6. The van der Waals surface area contributed by atoms with Crippen LogP contribution in [0.2, 0.25) is 0 Å². The van der Waals surface area contributed by atoms with Gasteiger partial charge in [-0.3, -0.25) is 4.57 Å². The summed E-state index contributed by atoms with van der Waals surface area (Å²) >= 11 is 0. The molecule has 2 heterocycles. The van der Waals surface area contributed by atoms with Gasteiger partial charge in [-0.2, -0.15) is 0 Å². The molecule has 0 bridgehead atoms. The lowest BCUT2D eigenvalue weighted by Crippen LogP contribution is -2.29. The number of imidazole rings is 1. The molecule has 2 aromatic carbocycles. The highest BCUT2D eigenvalue weighted by Gasteiger charge is 2.36. The van der Waals surface area contributed by atoms with Gasteiger partial charge in [-0.1, -0.05) is 24.8 Å². The maximum Gasteiger partial charge on any atom is 0.338 e. The van der Waals surface area contributed by atoms with Crippen LogP contribution in [-0.4, -0.2) is 36.3 Å². The van der Waals surface area contributed by atoms with Crippen LogP contribution in [0.15, 0.2) is 66.4 Å². The molecule has 30 heavy (non-hydrogen) atoms. The number of hydrogen-bond donors (Lipinski definition) is 1. The Hall–Kier alpha value is -3.74. The summed E-state index contributed by atoms with van der Waals surface area (Å²) in [6.45, 7) is 5.60. The molecule has 1 aromatic heterocycles. The first-order valence-corrected chi connectivity index (χ1v) is 9.53. The van der Waals surface area contributed by atoms with E-state index in [4.69, 9.17) is 19.2 Å². The first-order valence-electron chi connectivity index (χ1n) is 9.53. The summed E-state index contributed by atoms with van der Waals surface area (Å²) in [6.07, 6.45) is 1.55. The second-order valence-electron chi connectivity index (χ2n) is 6.86. The number of nitrogens with one attached hydrogen (secondary N) is 1. The Labute approximate surface area is 174 Å². The van der Waals surface area contributed by atoms with Crippen molar-refractivity contribution in [2.75, 3.05) is 26.1 Å². The molecule has 4 rings (SSSR count). The first kappa shape index (κ1) is 19.6. The molecular weight excluding hydrogens is 382 g/mol. The Balaban J connectivity index is 1.98. The average molecular weight is 405 g/mol. The highest BCUT2D eigenvalue weighted by Crippen LogP contribution is 2.43. The first-order chi connectivity index (χ1) is 14.6. The summed E-state index contributed by atoms with van der Waals surface area (Å²) < 4.78 is 18.4. The lowest BCUT2D eigenvalue weighted by Gasteiger charge is -2.31. The predicted octanol–water partition coefficient (Wildman–Crippen LogP) is 4.07. The van der Waals surface area contributed by atoms with E-state index in [1.165, 1.54) is 0 Å². The average Bonchev–Trinajstić information content (AvgIpc) is 3.13. The molecule has 7 heteroatoms. The van der Waals surface area contributed by atoms with Crippen LogP contribution in [0.1, 0.15) is 18.5 Å². The Morgan fingerprint density at radius 2 is 2.03 bits per heavy atom. The molecule has 1 N–H and O–H groups in total. The molecule has 0 radical (unpaired) electrons. The predicted molar refractivity (Wildman–Crippen MR) is 115 cm³/mol. The number of anilines is 1. The molecule has 0 saturated heterocycles. The molecule has 3 aromatic rings. The second-order valence-corrected chi connectivity index (χ2v) is 6.86. The quantitative estimate of drug-likeness (QED) is 0.492. The minimum atomic E-state index is -0.494. The van der Waals surface area contributed by atoms with Crippen molar-refractivity contribution in [3.8, 4) is 11.5 Å². The summed E-state index contributed by atoms with van der Waals surface area (Å²) in [5.41, 5.74) is 3.68. The van der Waals surface area contributed by atoms with Crippen molar-refractivity contribution in [2.24, 2.45) is 0 Å². The number of benzene rings is 2. The molecular formula is C23H23N3O4. The van der Waals surface area contributed by atoms with E-state index in [0.29, 0.717) is 28.7 Å². The molecule has 0 spiro atoms. The topological polar surface area (TPSA) is 74.6 Å². The summed E-state index contributed by atoms with van der Waals surface area (Å²) in [5, 5.41) is 3.26. The van der Waals surface area contributed by atoms with Gasteiger partial charge in [0.2, 0.25) is 5.95 Å². The van der Waals surface area contributed by atoms with Crippen LogP contribution in [-0.2, 0) is 9.53 Å². The highest BCUT2D eigenvalue weighted by molar-refractivity contribution is 5.94. The molecule has 7 nitrogen and oxygen atoms in total. The highest BCUT2D eigenvalue weighted by atomic mass is 16.5. The maximum absolute atomic E-state index is 13.1. The zero-order chi connectivity index (χ0) is 21.3. The fourth-order valence-electron chi connectivity index (χ4n) is 3.78. The van der Waals surface area contributed by atoms with Gasteiger partial charge in [-0.25, -0.2) is 9.78 Å². The van der Waals surface area contributed by atoms with E-state index in [2.05, 4.69) is 11.9 Å². The van der Waals surface area contributed by atoms with E-state index in [0.717, 1.165) is 16.6 Å². The van der Waals surface area contributed by atoms with Gasteiger partial charge < -0.3 is 19.5 Å². The van der Waals surface area contributed by atoms with Crippen molar-refractivity contribution in [3.05, 3.63) is 72.0 Å². The number of ether oxygens (including phenoxy) is 3. The number of methoxy groups -OCH3 is 2. The van der Waals surface area contributed by atoms with Crippen molar-refractivity contribution < 1.29 is 19.0 Å². The zero-order valence-corrected chi connectivity index (χ0v) is 17.1. The fraction of sp³-hybridized carbons (Fsp3) is 0.217. The molecule has 0 fully saturated rings. The van der Waals surface area contributed by atoms with Gasteiger partial charge in [0.05, 0.1) is 36.9 Å². The van der Waals surface area contributed by atoms with Crippen LogP contribution in [0.25, 0.3) is 11.0 Å². The molecule has 1 atom stereocenters. The number of fused-ring (bicyclic) bond motifs is 3. The van der Waals surface area contributed by atoms with Crippen molar-refractivity contribution in [3.63, 3.8) is 0 Å². The lowest BCUT2D eigenvalue weighted by atomic mass is 9.94. The number of esters is 1. The van der Waals surface area contributed by atoms with E-state index in [1.54, 1.807) is 26.4 Å². The van der Waals surface area contributed by atoms with Crippen molar-refractivity contribution in [1.29, 1.82) is 0 Å². The van der Waals surface area contributed by atoms with Crippen LogP contribution in [0, 0.1) is 0 Å². The molecule has 154 valence electrons. The SMILES string of the molecule is C=CCOC(=O)C1=C(C)Nc2nc3ccccc3n2C1c1ccc(OC)cc1OC. The van der Waals surface area contributed by atoms with Gasteiger partial charge >= 0.3 is 5.97 Å². The number of para-hydroxylation sites is 2. The Kier molecular flexibility index (Phi) is 5.18. The van der Waals surface area contributed by atoms with Gasteiger partial charge in [0, 0.05) is 17.3 Å². The number of nitrogens with zero attached hydrogens (tertiary/aromatic N) is 2. The Bertz CT molecular complexity index is 1160. The van der Waals surface area contributed by atoms with Crippen LogP contribution in [0.3, 0.4) is 0 Å². The number of carbonyl (C=O) groups excluding carboxylic acids is 1. The largest absolute Gasteiger partial charge is 0.497 e. The van der Waals surface area contributed by atoms with E-state index in [9.17, 15) is 4.79 Å². The van der Waals surface area contributed by atoms with Gasteiger partial charge in [0.25, 0.3) is 0 Å². The Morgan fingerprint density at radius 3 is 2.77 bits per heavy atom. The van der Waals surface area contributed by atoms with E-state index < -0.39 is 12.0 Å². The normalized spacial score (nSPS) is 15.4. The molecule has 0 amide bonds.